The first-order valence-electron chi connectivity index (χ1n) is 7.38. The molecule has 0 radical (unpaired) electrons. The summed E-state index contributed by atoms with van der Waals surface area (Å²) in [6.07, 6.45) is 0.156. The highest BCUT2D eigenvalue weighted by Gasteiger charge is 2.26. The van der Waals surface area contributed by atoms with E-state index in [0.717, 1.165) is 17.9 Å². The Morgan fingerprint density at radius 1 is 1.33 bits per heavy atom. The van der Waals surface area contributed by atoms with Crippen LogP contribution >= 0.6 is 0 Å². The van der Waals surface area contributed by atoms with Crippen LogP contribution in [0, 0.1) is 0 Å². The minimum absolute atomic E-state index is 0.0104. The SMILES string of the molecule is CNCc1ccccc1OCC(=O)N1CC(C)OC(C)C1. The maximum atomic E-state index is 12.3. The smallest absolute Gasteiger partial charge is 0.260 e. The Kier molecular flexibility index (Phi) is 5.59. The number of carbonyl (C=O) groups excluding carboxylic acids is 1. The van der Waals surface area contributed by atoms with E-state index in [9.17, 15) is 4.79 Å². The number of amides is 1. The molecule has 1 saturated heterocycles. The average Bonchev–Trinajstić information content (AvgIpc) is 2.45. The number of benzene rings is 1. The molecule has 5 heteroatoms. The number of hydrogen-bond donors (Lipinski definition) is 1. The summed E-state index contributed by atoms with van der Waals surface area (Å²) in [5, 5.41) is 3.10. The molecule has 1 N–H and O–H groups in total. The van der Waals surface area contributed by atoms with Crippen LogP contribution in [0.1, 0.15) is 19.4 Å². The maximum absolute atomic E-state index is 12.3. The normalized spacial score (nSPS) is 22.1. The van der Waals surface area contributed by atoms with Crippen molar-refractivity contribution >= 4 is 5.91 Å². The highest BCUT2D eigenvalue weighted by molar-refractivity contribution is 5.78. The van der Waals surface area contributed by atoms with E-state index in [0.29, 0.717) is 13.1 Å². The Morgan fingerprint density at radius 3 is 2.67 bits per heavy atom. The zero-order valence-electron chi connectivity index (χ0n) is 13.0. The van der Waals surface area contributed by atoms with Gasteiger partial charge in [0.15, 0.2) is 6.61 Å². The summed E-state index contributed by atoms with van der Waals surface area (Å²) in [5.74, 6) is 0.769. The highest BCUT2D eigenvalue weighted by atomic mass is 16.5. The van der Waals surface area contributed by atoms with Crippen molar-refractivity contribution in [3.05, 3.63) is 29.8 Å². The summed E-state index contributed by atoms with van der Waals surface area (Å²) in [6.45, 7) is 6.02. The van der Waals surface area contributed by atoms with E-state index in [1.165, 1.54) is 0 Å². The largest absolute Gasteiger partial charge is 0.483 e. The Balaban J connectivity index is 1.92. The van der Waals surface area contributed by atoms with E-state index in [1.54, 1.807) is 0 Å². The van der Waals surface area contributed by atoms with Crippen LogP contribution in [0.15, 0.2) is 24.3 Å². The van der Waals surface area contributed by atoms with Gasteiger partial charge in [0.1, 0.15) is 5.75 Å². The lowest BCUT2D eigenvalue weighted by atomic mass is 10.2. The molecule has 1 amide bonds. The molecular weight excluding hydrogens is 268 g/mol. The van der Waals surface area contributed by atoms with Crippen molar-refractivity contribution in [2.24, 2.45) is 0 Å². The van der Waals surface area contributed by atoms with Gasteiger partial charge in [-0.25, -0.2) is 0 Å². The van der Waals surface area contributed by atoms with Gasteiger partial charge in [0, 0.05) is 25.2 Å². The molecule has 0 aliphatic carbocycles. The van der Waals surface area contributed by atoms with Gasteiger partial charge in [0.05, 0.1) is 12.2 Å². The van der Waals surface area contributed by atoms with Crippen molar-refractivity contribution in [2.45, 2.75) is 32.6 Å². The van der Waals surface area contributed by atoms with Crippen LogP contribution in [0.4, 0.5) is 0 Å². The molecule has 1 aromatic carbocycles. The molecule has 0 saturated carbocycles. The van der Waals surface area contributed by atoms with E-state index >= 15 is 0 Å². The van der Waals surface area contributed by atoms with Gasteiger partial charge in [-0.05, 0) is 27.0 Å². The van der Waals surface area contributed by atoms with E-state index in [4.69, 9.17) is 9.47 Å². The average molecular weight is 292 g/mol. The van der Waals surface area contributed by atoms with Crippen LogP contribution in [0.2, 0.25) is 0 Å². The Hall–Kier alpha value is -1.59. The molecule has 21 heavy (non-hydrogen) atoms. The molecule has 0 bridgehead atoms. The van der Waals surface area contributed by atoms with Crippen LogP contribution < -0.4 is 10.1 Å². The van der Waals surface area contributed by atoms with Crippen molar-refractivity contribution in [1.29, 1.82) is 0 Å². The number of ether oxygens (including phenoxy) is 2. The minimum atomic E-state index is 0.0104. The number of nitrogens with one attached hydrogen (secondary N) is 1. The third-order valence-electron chi connectivity index (χ3n) is 3.46. The third-order valence-corrected chi connectivity index (χ3v) is 3.46. The van der Waals surface area contributed by atoms with Crippen molar-refractivity contribution < 1.29 is 14.3 Å². The van der Waals surface area contributed by atoms with Gasteiger partial charge in [-0.15, -0.1) is 0 Å². The monoisotopic (exact) mass is 292 g/mol. The van der Waals surface area contributed by atoms with E-state index in [-0.39, 0.29) is 24.7 Å². The predicted octanol–water partition coefficient (Wildman–Crippen LogP) is 1.42. The molecule has 0 aromatic heterocycles. The second-order valence-electron chi connectivity index (χ2n) is 5.48. The number of morpholine rings is 1. The minimum Gasteiger partial charge on any atom is -0.483 e. The van der Waals surface area contributed by atoms with E-state index in [2.05, 4.69) is 5.32 Å². The molecule has 1 fully saturated rings. The Bertz CT molecular complexity index is 468. The molecule has 2 rings (SSSR count). The summed E-state index contributed by atoms with van der Waals surface area (Å²) in [4.78, 5) is 14.1. The summed E-state index contributed by atoms with van der Waals surface area (Å²) in [6, 6.07) is 7.77. The molecular formula is C16H24N2O3. The maximum Gasteiger partial charge on any atom is 0.260 e. The zero-order chi connectivity index (χ0) is 15.2. The second kappa shape index (κ2) is 7.43. The van der Waals surface area contributed by atoms with Gasteiger partial charge in [-0.3, -0.25) is 4.79 Å². The van der Waals surface area contributed by atoms with Crippen molar-refractivity contribution in [3.63, 3.8) is 0 Å². The van der Waals surface area contributed by atoms with E-state index in [1.807, 2.05) is 50.1 Å². The first-order valence-corrected chi connectivity index (χ1v) is 7.38. The van der Waals surface area contributed by atoms with Crippen molar-refractivity contribution in [2.75, 3.05) is 26.7 Å². The van der Waals surface area contributed by atoms with Crippen molar-refractivity contribution in [3.8, 4) is 5.75 Å². The molecule has 1 aliphatic heterocycles. The first-order chi connectivity index (χ1) is 10.1. The van der Waals surface area contributed by atoms with Crippen LogP contribution in [0.5, 0.6) is 5.75 Å². The molecule has 1 aromatic rings. The van der Waals surface area contributed by atoms with Gasteiger partial charge >= 0.3 is 0 Å². The lowest BCUT2D eigenvalue weighted by Crippen LogP contribution is -2.49. The molecule has 0 spiro atoms. The number of nitrogens with zero attached hydrogens (tertiary/aromatic N) is 1. The van der Waals surface area contributed by atoms with Gasteiger partial charge in [0.2, 0.25) is 0 Å². The van der Waals surface area contributed by atoms with Crippen LogP contribution in [0.3, 0.4) is 0 Å². The number of hydrogen-bond acceptors (Lipinski definition) is 4. The molecule has 1 aliphatic rings. The predicted molar refractivity (Wildman–Crippen MR) is 81.3 cm³/mol. The van der Waals surface area contributed by atoms with Crippen molar-refractivity contribution in [1.82, 2.24) is 10.2 Å². The second-order valence-corrected chi connectivity index (χ2v) is 5.48. The fourth-order valence-electron chi connectivity index (χ4n) is 2.59. The first kappa shape index (κ1) is 15.8. The number of para-hydroxylation sites is 1. The van der Waals surface area contributed by atoms with Gasteiger partial charge in [0.25, 0.3) is 5.91 Å². The summed E-state index contributed by atoms with van der Waals surface area (Å²) in [7, 11) is 1.89. The molecule has 2 atom stereocenters. The van der Waals surface area contributed by atoms with Gasteiger partial charge in [-0.2, -0.15) is 0 Å². The number of carbonyl (C=O) groups is 1. The lowest BCUT2D eigenvalue weighted by Gasteiger charge is -2.35. The standard InChI is InChI=1S/C16H24N2O3/c1-12-9-18(10-13(2)21-12)16(19)11-20-15-7-5-4-6-14(15)8-17-3/h4-7,12-13,17H,8-11H2,1-3H3. The fraction of sp³-hybridized carbons (Fsp3) is 0.562. The Morgan fingerprint density at radius 2 is 2.00 bits per heavy atom. The van der Waals surface area contributed by atoms with Gasteiger partial charge < -0.3 is 19.7 Å². The lowest BCUT2D eigenvalue weighted by molar-refractivity contribution is -0.145. The van der Waals surface area contributed by atoms with Crippen LogP contribution in [-0.2, 0) is 16.1 Å². The molecule has 2 unspecified atom stereocenters. The summed E-state index contributed by atoms with van der Waals surface area (Å²) >= 11 is 0. The van der Waals surface area contributed by atoms with E-state index < -0.39 is 0 Å². The van der Waals surface area contributed by atoms with Crippen LogP contribution in [-0.4, -0.2) is 49.8 Å². The third kappa shape index (κ3) is 4.44. The quantitative estimate of drug-likeness (QED) is 0.892. The summed E-state index contributed by atoms with van der Waals surface area (Å²) in [5.41, 5.74) is 1.05. The summed E-state index contributed by atoms with van der Waals surface area (Å²) < 4.78 is 11.3. The zero-order valence-corrected chi connectivity index (χ0v) is 13.0. The van der Waals surface area contributed by atoms with Crippen LogP contribution in [0.25, 0.3) is 0 Å². The number of rotatable bonds is 5. The topological polar surface area (TPSA) is 50.8 Å². The fourth-order valence-corrected chi connectivity index (χ4v) is 2.59. The molecule has 5 nitrogen and oxygen atoms in total. The van der Waals surface area contributed by atoms with Gasteiger partial charge in [-0.1, -0.05) is 18.2 Å². The highest BCUT2D eigenvalue weighted by Crippen LogP contribution is 2.18. The molecule has 1 heterocycles. The Labute approximate surface area is 126 Å². The molecule has 116 valence electrons.